The van der Waals surface area contributed by atoms with Crippen LogP contribution < -0.4 is 11.1 Å². The Labute approximate surface area is 296 Å². The summed E-state index contributed by atoms with van der Waals surface area (Å²) in [6, 6.07) is 12.3. The average molecular weight is 697 g/mol. The minimum Gasteiger partial charge on any atom is -0.444 e. The van der Waals surface area contributed by atoms with E-state index in [0.717, 1.165) is 91.1 Å². The quantitative estimate of drug-likeness (QED) is 0.198. The highest BCUT2D eigenvalue weighted by atomic mass is 35.5. The van der Waals surface area contributed by atoms with Crippen LogP contribution in [-0.4, -0.2) is 58.9 Å². The molecule has 3 N–H and O–H groups in total. The number of nitrogens with two attached hydrogens (primary N) is 1. The Bertz CT molecular complexity index is 1560. The fourth-order valence-electron chi connectivity index (χ4n) is 7.28. The number of carbonyl (C=O) groups excluding carboxylic acids is 2. The molecule has 1 saturated carbocycles. The molecule has 262 valence electrons. The largest absolute Gasteiger partial charge is 0.444 e. The van der Waals surface area contributed by atoms with Crippen molar-refractivity contribution in [2.24, 2.45) is 17.1 Å². The van der Waals surface area contributed by atoms with Crippen LogP contribution in [0, 0.1) is 11.3 Å². The van der Waals surface area contributed by atoms with Gasteiger partial charge in [-0.1, -0.05) is 74.9 Å². The molecule has 48 heavy (non-hydrogen) atoms. The number of likely N-dealkylation sites (tertiary alicyclic amines) is 1. The lowest BCUT2D eigenvalue weighted by Crippen LogP contribution is -2.49. The van der Waals surface area contributed by atoms with Gasteiger partial charge >= 0.3 is 6.09 Å². The molecule has 0 unspecified atom stereocenters. The molecular weight excluding hydrogens is 644 g/mol. The smallest absolute Gasteiger partial charge is 0.410 e. The second kappa shape index (κ2) is 16.5. The van der Waals surface area contributed by atoms with Crippen LogP contribution in [0.25, 0.3) is 22.0 Å². The summed E-state index contributed by atoms with van der Waals surface area (Å²) < 4.78 is 13.2. The van der Waals surface area contributed by atoms with Crippen LogP contribution in [-0.2, 0) is 20.8 Å². The summed E-state index contributed by atoms with van der Waals surface area (Å²) >= 11 is 12.0. The first-order chi connectivity index (χ1) is 22.9. The number of amides is 2. The summed E-state index contributed by atoms with van der Waals surface area (Å²) in [5.41, 5.74) is 10.9. The van der Waals surface area contributed by atoms with Crippen LogP contribution in [0.3, 0.4) is 0 Å². The summed E-state index contributed by atoms with van der Waals surface area (Å²) in [6.07, 6.45) is 9.62. The summed E-state index contributed by atoms with van der Waals surface area (Å²) in [5, 5.41) is 4.44. The van der Waals surface area contributed by atoms with Gasteiger partial charge in [-0.05, 0) is 87.8 Å². The molecule has 3 aliphatic rings. The number of fused-ring (bicyclic) bond motifs is 1. The Balaban J connectivity index is 0.000000233. The number of halogens is 1. The van der Waals surface area contributed by atoms with E-state index in [2.05, 4.69) is 35.1 Å². The lowest BCUT2D eigenvalue weighted by Gasteiger charge is -2.51. The van der Waals surface area contributed by atoms with Gasteiger partial charge < -0.3 is 30.0 Å². The fraction of sp³-hybridized carbons (Fsp3) is 0.553. The molecule has 2 aliphatic heterocycles. The van der Waals surface area contributed by atoms with Gasteiger partial charge in [0.15, 0.2) is 0 Å². The molecule has 8 nitrogen and oxygen atoms in total. The molecule has 1 spiro atoms. The van der Waals surface area contributed by atoms with E-state index in [-0.39, 0.29) is 11.7 Å². The third kappa shape index (κ3) is 9.10. The van der Waals surface area contributed by atoms with Crippen molar-refractivity contribution in [1.29, 1.82) is 0 Å². The number of rotatable bonds is 6. The number of hydrogen-bond acceptors (Lipinski definition) is 5. The zero-order chi connectivity index (χ0) is 35.1. The van der Waals surface area contributed by atoms with E-state index in [1.165, 1.54) is 12.8 Å². The normalized spacial score (nSPS) is 17.8. The standard InChI is InChI=1S/C22H22ClN3O2S.C14H25NO2.C2H6/c23-20-16(11-25-13-27)4-5-18-19(14-2-1-3-15(10-14)22(24)29)12-26(21(18)20)17-6-8-28-9-7-17;1-11-9-14(10-11)5-7-15(8-6-14)12(16)17-13(2,3)4;1-2/h1-5,10,12-13,17H,6-9,11H2,(H2,24,29)(H,25,27);11H,5-10H2,1-4H3;1-2H3. The molecule has 10 heteroatoms. The topological polar surface area (TPSA) is 98.8 Å². The number of aromatic nitrogens is 1. The van der Waals surface area contributed by atoms with Crippen molar-refractivity contribution in [3.05, 3.63) is 58.7 Å². The highest BCUT2D eigenvalue weighted by Gasteiger charge is 2.44. The number of thiocarbonyl (C=S) groups is 1. The van der Waals surface area contributed by atoms with Gasteiger partial charge in [0.2, 0.25) is 6.41 Å². The number of hydrogen-bond donors (Lipinski definition) is 2. The number of benzene rings is 2. The van der Waals surface area contributed by atoms with E-state index in [4.69, 9.17) is 39.0 Å². The maximum Gasteiger partial charge on any atom is 0.410 e. The first-order valence-electron chi connectivity index (χ1n) is 17.3. The van der Waals surface area contributed by atoms with E-state index in [9.17, 15) is 9.59 Å². The second-order valence-corrected chi connectivity index (χ2v) is 15.0. The van der Waals surface area contributed by atoms with Gasteiger partial charge in [0.1, 0.15) is 10.6 Å². The molecule has 1 aromatic heterocycles. The average Bonchev–Trinajstić information content (AvgIpc) is 3.46. The number of carbonyl (C=O) groups is 2. The molecule has 0 radical (unpaired) electrons. The van der Waals surface area contributed by atoms with Crippen LogP contribution >= 0.6 is 23.8 Å². The molecule has 3 heterocycles. The van der Waals surface area contributed by atoms with Crippen LogP contribution in [0.1, 0.15) is 97.2 Å². The van der Waals surface area contributed by atoms with Gasteiger partial charge in [-0.15, -0.1) is 0 Å². The zero-order valence-corrected chi connectivity index (χ0v) is 31.0. The maximum atomic E-state index is 11.9. The predicted molar refractivity (Wildman–Crippen MR) is 199 cm³/mol. The van der Waals surface area contributed by atoms with Crippen molar-refractivity contribution in [1.82, 2.24) is 14.8 Å². The molecular formula is C38H53ClN4O4S. The third-order valence-electron chi connectivity index (χ3n) is 9.47. The monoisotopic (exact) mass is 696 g/mol. The van der Waals surface area contributed by atoms with Crippen molar-refractivity contribution < 1.29 is 19.1 Å². The summed E-state index contributed by atoms with van der Waals surface area (Å²) in [5.74, 6) is 0.892. The van der Waals surface area contributed by atoms with Gasteiger partial charge in [0.25, 0.3) is 0 Å². The zero-order valence-electron chi connectivity index (χ0n) is 29.4. The molecule has 3 fully saturated rings. The van der Waals surface area contributed by atoms with Gasteiger partial charge in [0.05, 0.1) is 10.5 Å². The first kappa shape index (κ1) is 37.7. The Morgan fingerprint density at radius 3 is 2.40 bits per heavy atom. The van der Waals surface area contributed by atoms with Gasteiger partial charge in [-0.2, -0.15) is 0 Å². The Morgan fingerprint density at radius 1 is 1.15 bits per heavy atom. The van der Waals surface area contributed by atoms with Crippen molar-refractivity contribution in [2.75, 3.05) is 26.3 Å². The lowest BCUT2D eigenvalue weighted by molar-refractivity contribution is -0.109. The Hall–Kier alpha value is -3.14. The van der Waals surface area contributed by atoms with Gasteiger partial charge in [-0.3, -0.25) is 4.79 Å². The summed E-state index contributed by atoms with van der Waals surface area (Å²) in [7, 11) is 0. The molecule has 2 saturated heterocycles. The second-order valence-electron chi connectivity index (χ2n) is 14.2. The van der Waals surface area contributed by atoms with E-state index in [1.807, 2.05) is 63.8 Å². The molecule has 3 aromatic rings. The first-order valence-corrected chi connectivity index (χ1v) is 18.1. The van der Waals surface area contributed by atoms with Crippen LogP contribution in [0.5, 0.6) is 0 Å². The Kier molecular flexibility index (Phi) is 13.0. The van der Waals surface area contributed by atoms with Crippen LogP contribution in [0.2, 0.25) is 5.02 Å². The molecule has 1 aliphatic carbocycles. The van der Waals surface area contributed by atoms with Crippen molar-refractivity contribution in [3.63, 3.8) is 0 Å². The van der Waals surface area contributed by atoms with E-state index < -0.39 is 0 Å². The van der Waals surface area contributed by atoms with Crippen LogP contribution in [0.15, 0.2) is 42.6 Å². The molecule has 2 amide bonds. The number of piperidine rings is 1. The summed E-state index contributed by atoms with van der Waals surface area (Å²) in [6.45, 7) is 15.7. The van der Waals surface area contributed by atoms with E-state index in [1.54, 1.807) is 0 Å². The fourth-order valence-corrected chi connectivity index (χ4v) is 7.73. The maximum absolute atomic E-state index is 11.9. The minimum atomic E-state index is -0.378. The molecule has 6 rings (SSSR count). The van der Waals surface area contributed by atoms with Gasteiger partial charge in [-0.25, -0.2) is 4.79 Å². The van der Waals surface area contributed by atoms with Crippen molar-refractivity contribution >= 4 is 52.2 Å². The van der Waals surface area contributed by atoms with Gasteiger partial charge in [0, 0.05) is 61.6 Å². The SMILES string of the molecule is CC.CC1CC2(CCN(C(=O)OC(C)(C)C)CC2)C1.NC(=S)c1cccc(-c2cn(C3CCOCC3)c3c(Cl)c(CNC=O)ccc23)c1. The van der Waals surface area contributed by atoms with E-state index >= 15 is 0 Å². The van der Waals surface area contributed by atoms with Crippen molar-refractivity contribution in [3.8, 4) is 11.1 Å². The van der Waals surface area contributed by atoms with E-state index in [0.29, 0.717) is 34.4 Å². The minimum absolute atomic E-state index is 0.139. The molecule has 0 atom stereocenters. The van der Waals surface area contributed by atoms with Crippen molar-refractivity contribution in [2.45, 2.75) is 98.3 Å². The molecule has 2 aromatic carbocycles. The number of nitrogens with zero attached hydrogens (tertiary/aromatic N) is 2. The third-order valence-corrected chi connectivity index (χ3v) is 10.1. The van der Waals surface area contributed by atoms with Crippen LogP contribution in [0.4, 0.5) is 4.79 Å². The highest BCUT2D eigenvalue weighted by molar-refractivity contribution is 7.80. The lowest BCUT2D eigenvalue weighted by atomic mass is 9.58. The number of nitrogens with one attached hydrogen (secondary N) is 1. The summed E-state index contributed by atoms with van der Waals surface area (Å²) in [4.78, 5) is 24.9. The predicted octanol–water partition coefficient (Wildman–Crippen LogP) is 8.65. The number of ether oxygens (including phenoxy) is 2. The Morgan fingerprint density at radius 2 is 1.81 bits per heavy atom. The molecule has 0 bridgehead atoms. The highest BCUT2D eigenvalue weighted by Crippen LogP contribution is 2.52.